The number of pyridine rings is 2. The third kappa shape index (κ3) is 3.37. The highest BCUT2D eigenvalue weighted by Crippen LogP contribution is 2.38. The van der Waals surface area contributed by atoms with Crippen molar-refractivity contribution in [1.29, 1.82) is 0 Å². The smallest absolute Gasteiger partial charge is 0.208 e. The molecule has 0 bridgehead atoms. The fourth-order valence-electron chi connectivity index (χ4n) is 4.96. The van der Waals surface area contributed by atoms with Crippen molar-refractivity contribution < 1.29 is 13.2 Å². The van der Waals surface area contributed by atoms with Crippen molar-refractivity contribution in [3.05, 3.63) is 121 Å². The number of carbonyl (C=O) groups excluding carboxylic acids is 1. The van der Waals surface area contributed by atoms with E-state index in [9.17, 15) is 13.2 Å². The van der Waals surface area contributed by atoms with E-state index in [4.69, 9.17) is 0 Å². The van der Waals surface area contributed by atoms with E-state index < -0.39 is 9.84 Å². The summed E-state index contributed by atoms with van der Waals surface area (Å²) in [6, 6.07) is 29.4. The van der Waals surface area contributed by atoms with Crippen LogP contribution >= 0.6 is 0 Å². The Morgan fingerprint density at radius 2 is 0.973 bits per heavy atom. The summed E-state index contributed by atoms with van der Waals surface area (Å²) in [5.41, 5.74) is 5.18. The summed E-state index contributed by atoms with van der Waals surface area (Å²) >= 11 is 0. The molecule has 0 unspecified atom stereocenters. The number of benzene rings is 4. The number of sulfone groups is 1. The fraction of sp³-hybridized carbons (Fsp3) is 0. The van der Waals surface area contributed by atoms with Crippen LogP contribution < -0.4 is 0 Å². The molecular weight excluding hydrogens is 480 g/mol. The molecule has 0 saturated carbocycles. The van der Waals surface area contributed by atoms with Crippen LogP contribution in [0, 0.1) is 0 Å². The van der Waals surface area contributed by atoms with Gasteiger partial charge in [0.25, 0.3) is 0 Å². The molecule has 0 spiro atoms. The van der Waals surface area contributed by atoms with Crippen LogP contribution in [-0.4, -0.2) is 24.2 Å². The maximum Gasteiger partial charge on any atom is 0.208 e. The number of rotatable bonds is 2. The van der Waals surface area contributed by atoms with E-state index in [0.717, 1.165) is 44.1 Å². The topological polar surface area (TPSA) is 77.0 Å². The van der Waals surface area contributed by atoms with Crippen molar-refractivity contribution in [2.45, 2.75) is 9.79 Å². The third-order valence-electron chi connectivity index (χ3n) is 6.88. The predicted molar refractivity (Wildman–Crippen MR) is 143 cm³/mol. The van der Waals surface area contributed by atoms with E-state index in [0.29, 0.717) is 0 Å². The molecule has 0 amide bonds. The molecule has 5 nitrogen and oxygen atoms in total. The van der Waals surface area contributed by atoms with Crippen LogP contribution in [0.5, 0.6) is 0 Å². The molecule has 1 aliphatic heterocycles. The van der Waals surface area contributed by atoms with Crippen molar-refractivity contribution in [3.8, 4) is 22.3 Å². The van der Waals surface area contributed by atoms with Gasteiger partial charge in [-0.1, -0.05) is 48.5 Å². The van der Waals surface area contributed by atoms with Gasteiger partial charge in [0, 0.05) is 45.4 Å². The van der Waals surface area contributed by atoms with Gasteiger partial charge < -0.3 is 0 Å². The Balaban J connectivity index is 1.36. The molecule has 3 heterocycles. The summed E-state index contributed by atoms with van der Waals surface area (Å²) in [4.78, 5) is 22.8. The molecule has 176 valence electrons. The van der Waals surface area contributed by atoms with Crippen LogP contribution in [0.25, 0.3) is 44.1 Å². The van der Waals surface area contributed by atoms with Crippen molar-refractivity contribution in [2.75, 3.05) is 0 Å². The lowest BCUT2D eigenvalue weighted by Crippen LogP contribution is -2.20. The standard InChI is InChI=1S/C31H18N2O3S/c34-31-25-15-19(23-13-21-5-1-3-7-27(21)32-17-23)9-11-29(25)37(35,36)30-12-10-20(16-26(30)31)24-14-22-6-2-4-8-28(22)33-18-24/h1-18H. The molecule has 0 atom stereocenters. The Labute approximate surface area is 213 Å². The number of nitrogens with zero attached hydrogens (tertiary/aromatic N) is 2. The first-order valence-electron chi connectivity index (χ1n) is 11.8. The van der Waals surface area contributed by atoms with Crippen LogP contribution in [0.4, 0.5) is 0 Å². The molecule has 0 fully saturated rings. The second-order valence-corrected chi connectivity index (χ2v) is 11.0. The average Bonchev–Trinajstić information content (AvgIpc) is 2.95. The summed E-state index contributed by atoms with van der Waals surface area (Å²) < 4.78 is 27.0. The first-order valence-corrected chi connectivity index (χ1v) is 13.3. The molecule has 0 aliphatic carbocycles. The summed E-state index contributed by atoms with van der Waals surface area (Å²) in [7, 11) is -3.85. The average molecular weight is 499 g/mol. The lowest BCUT2D eigenvalue weighted by molar-refractivity contribution is 0.103. The zero-order chi connectivity index (χ0) is 25.1. The summed E-state index contributed by atoms with van der Waals surface area (Å²) in [5, 5.41) is 1.94. The lowest BCUT2D eigenvalue weighted by atomic mass is 9.95. The van der Waals surface area contributed by atoms with Gasteiger partial charge in [-0.25, -0.2) is 8.42 Å². The van der Waals surface area contributed by atoms with Gasteiger partial charge in [0.1, 0.15) is 0 Å². The Kier molecular flexibility index (Phi) is 4.62. The number of fused-ring (bicyclic) bond motifs is 4. The monoisotopic (exact) mass is 498 g/mol. The predicted octanol–water partition coefficient (Wildman–Crippen LogP) is 6.49. The second-order valence-electron chi connectivity index (χ2n) is 9.09. The Hall–Kier alpha value is -4.68. The minimum absolute atomic E-state index is 0.0302. The molecule has 7 rings (SSSR count). The van der Waals surface area contributed by atoms with E-state index in [1.165, 1.54) is 12.1 Å². The maximum absolute atomic E-state index is 13.7. The van der Waals surface area contributed by atoms with E-state index in [1.54, 1.807) is 36.7 Å². The van der Waals surface area contributed by atoms with Gasteiger partial charge in [0.05, 0.1) is 20.8 Å². The molecule has 2 aromatic heterocycles. The first kappa shape index (κ1) is 21.6. The van der Waals surface area contributed by atoms with Crippen LogP contribution in [0.2, 0.25) is 0 Å². The van der Waals surface area contributed by atoms with Crippen molar-refractivity contribution >= 4 is 37.4 Å². The van der Waals surface area contributed by atoms with Crippen LogP contribution in [0.15, 0.2) is 119 Å². The van der Waals surface area contributed by atoms with Crippen molar-refractivity contribution in [1.82, 2.24) is 9.97 Å². The fourth-order valence-corrected chi connectivity index (χ4v) is 6.58. The van der Waals surface area contributed by atoms with E-state index in [-0.39, 0.29) is 26.7 Å². The molecule has 0 saturated heterocycles. The zero-order valence-corrected chi connectivity index (χ0v) is 20.2. The number of carbonyl (C=O) groups is 1. The molecule has 6 aromatic rings. The molecule has 6 heteroatoms. The van der Waals surface area contributed by atoms with Crippen LogP contribution in [0.3, 0.4) is 0 Å². The number of ketones is 1. The molecule has 1 aliphatic rings. The van der Waals surface area contributed by atoms with Gasteiger partial charge in [-0.3, -0.25) is 14.8 Å². The third-order valence-corrected chi connectivity index (χ3v) is 8.75. The first-order chi connectivity index (χ1) is 18.0. The van der Waals surface area contributed by atoms with Crippen LogP contribution in [-0.2, 0) is 9.84 Å². The highest BCUT2D eigenvalue weighted by molar-refractivity contribution is 7.91. The molecule has 0 radical (unpaired) electrons. The largest absolute Gasteiger partial charge is 0.289 e. The summed E-state index contributed by atoms with van der Waals surface area (Å²) in [6.07, 6.45) is 3.48. The maximum atomic E-state index is 13.7. The molecule has 0 N–H and O–H groups in total. The summed E-state index contributed by atoms with van der Waals surface area (Å²) in [5.74, 6) is -0.314. The molecule has 37 heavy (non-hydrogen) atoms. The Morgan fingerprint density at radius 1 is 0.514 bits per heavy atom. The van der Waals surface area contributed by atoms with Crippen LogP contribution in [0.1, 0.15) is 15.9 Å². The normalized spacial score (nSPS) is 13.9. The summed E-state index contributed by atoms with van der Waals surface area (Å²) in [6.45, 7) is 0. The quantitative estimate of drug-likeness (QED) is 0.272. The number of para-hydroxylation sites is 2. The molecule has 4 aromatic carbocycles. The van der Waals surface area contributed by atoms with Gasteiger partial charge in [0.2, 0.25) is 9.84 Å². The zero-order valence-electron chi connectivity index (χ0n) is 19.4. The van der Waals surface area contributed by atoms with E-state index in [2.05, 4.69) is 9.97 Å². The molecular formula is C31H18N2O3S. The Bertz CT molecular complexity index is 1890. The van der Waals surface area contributed by atoms with Gasteiger partial charge in [-0.2, -0.15) is 0 Å². The lowest BCUT2D eigenvalue weighted by Gasteiger charge is -2.20. The Morgan fingerprint density at radius 3 is 1.46 bits per heavy atom. The minimum atomic E-state index is -3.85. The number of hydrogen-bond acceptors (Lipinski definition) is 5. The highest BCUT2D eigenvalue weighted by atomic mass is 32.2. The van der Waals surface area contributed by atoms with Gasteiger partial charge in [-0.05, 0) is 59.7 Å². The van der Waals surface area contributed by atoms with Crippen molar-refractivity contribution in [2.24, 2.45) is 0 Å². The minimum Gasteiger partial charge on any atom is -0.289 e. The van der Waals surface area contributed by atoms with E-state index in [1.807, 2.05) is 60.7 Å². The van der Waals surface area contributed by atoms with Gasteiger partial charge >= 0.3 is 0 Å². The number of aromatic nitrogens is 2. The number of hydrogen-bond donors (Lipinski definition) is 0. The SMILES string of the molecule is O=C1c2cc(-c3cnc4ccccc4c3)ccc2S(=O)(=O)c2ccc(-c3cnc4ccccc4c3)cc21. The van der Waals surface area contributed by atoms with Gasteiger partial charge in [0.15, 0.2) is 5.78 Å². The highest BCUT2D eigenvalue weighted by Gasteiger charge is 2.35. The second kappa shape index (κ2) is 7.91. The van der Waals surface area contributed by atoms with Gasteiger partial charge in [-0.15, -0.1) is 0 Å². The van der Waals surface area contributed by atoms with E-state index >= 15 is 0 Å². The van der Waals surface area contributed by atoms with Crippen molar-refractivity contribution in [3.63, 3.8) is 0 Å².